The second-order valence-corrected chi connectivity index (χ2v) is 9.39. The lowest BCUT2D eigenvalue weighted by atomic mass is 10.00. The van der Waals surface area contributed by atoms with Gasteiger partial charge in [0.25, 0.3) is 0 Å². The van der Waals surface area contributed by atoms with E-state index in [9.17, 15) is 14.7 Å². The molecule has 0 spiro atoms. The maximum atomic E-state index is 12.8. The Kier molecular flexibility index (Phi) is 9.19. The molecule has 2 aromatic carbocycles. The summed E-state index contributed by atoms with van der Waals surface area (Å²) >= 11 is 0. The molecule has 2 aliphatic heterocycles. The van der Waals surface area contributed by atoms with Crippen molar-refractivity contribution in [3.05, 3.63) is 53.6 Å². The lowest BCUT2D eigenvalue weighted by Gasteiger charge is -2.29. The van der Waals surface area contributed by atoms with E-state index < -0.39 is 12.1 Å². The number of rotatable bonds is 12. The molecule has 36 heavy (non-hydrogen) atoms. The normalized spacial score (nSPS) is 16.8. The fourth-order valence-corrected chi connectivity index (χ4v) is 4.72. The molecule has 2 N–H and O–H groups in total. The van der Waals surface area contributed by atoms with Crippen LogP contribution in [-0.4, -0.2) is 67.7 Å². The largest absolute Gasteiger partial charge is 0.497 e. The number of carbonyl (C=O) groups is 2. The monoisotopic (exact) mass is 496 g/mol. The number of carbonyl (C=O) groups excluding carboxylic acids is 2. The van der Waals surface area contributed by atoms with E-state index in [0.29, 0.717) is 73.8 Å². The van der Waals surface area contributed by atoms with Crippen LogP contribution in [0.5, 0.6) is 17.2 Å². The summed E-state index contributed by atoms with van der Waals surface area (Å²) < 4.78 is 16.4. The predicted molar refractivity (Wildman–Crippen MR) is 136 cm³/mol. The predicted octanol–water partition coefficient (Wildman–Crippen LogP) is 3.52. The number of fused-ring (bicyclic) bond motifs is 1. The first-order valence-electron chi connectivity index (χ1n) is 12.8. The lowest BCUT2D eigenvalue weighted by molar-refractivity contribution is -0.123. The van der Waals surface area contributed by atoms with E-state index >= 15 is 0 Å². The topological polar surface area (TPSA) is 97.3 Å². The van der Waals surface area contributed by atoms with E-state index in [4.69, 9.17) is 14.2 Å². The molecule has 1 fully saturated rings. The third kappa shape index (κ3) is 6.98. The number of ether oxygens (including phenoxy) is 3. The van der Waals surface area contributed by atoms with Gasteiger partial charge < -0.3 is 29.5 Å². The summed E-state index contributed by atoms with van der Waals surface area (Å²) in [6, 6.07) is 12.1. The highest BCUT2D eigenvalue weighted by Crippen LogP contribution is 2.33. The minimum Gasteiger partial charge on any atom is -0.497 e. The highest BCUT2D eigenvalue weighted by Gasteiger charge is 2.27. The molecule has 2 aromatic rings. The van der Waals surface area contributed by atoms with Crippen molar-refractivity contribution in [2.45, 2.75) is 50.7 Å². The summed E-state index contributed by atoms with van der Waals surface area (Å²) in [5.41, 5.74) is 1.34. The average Bonchev–Trinajstić information content (AvgIpc) is 3.43. The number of hydrogen-bond acceptors (Lipinski definition) is 7. The van der Waals surface area contributed by atoms with Gasteiger partial charge in [0.05, 0.1) is 13.2 Å². The van der Waals surface area contributed by atoms with Gasteiger partial charge in [0.2, 0.25) is 5.91 Å². The second-order valence-electron chi connectivity index (χ2n) is 9.39. The van der Waals surface area contributed by atoms with Gasteiger partial charge in [0, 0.05) is 24.9 Å². The van der Waals surface area contributed by atoms with Crippen molar-refractivity contribution in [2.24, 2.45) is 0 Å². The zero-order chi connectivity index (χ0) is 25.3. The molecule has 0 aromatic heterocycles. The minimum absolute atomic E-state index is 0.0546. The van der Waals surface area contributed by atoms with Crippen LogP contribution < -0.4 is 19.5 Å². The Morgan fingerprint density at radius 1 is 1.00 bits per heavy atom. The molecule has 1 amide bonds. The van der Waals surface area contributed by atoms with E-state index in [-0.39, 0.29) is 11.7 Å². The molecule has 8 nitrogen and oxygen atoms in total. The second kappa shape index (κ2) is 12.7. The maximum absolute atomic E-state index is 12.8. The number of aliphatic hydroxyl groups excluding tert-OH is 1. The number of benzene rings is 2. The summed E-state index contributed by atoms with van der Waals surface area (Å²) in [5, 5.41) is 14.3. The van der Waals surface area contributed by atoms with Crippen molar-refractivity contribution < 1.29 is 28.9 Å². The molecule has 2 aliphatic rings. The van der Waals surface area contributed by atoms with Crippen molar-refractivity contribution in [1.82, 2.24) is 10.2 Å². The molecule has 1 saturated heterocycles. The Labute approximate surface area is 212 Å². The molecule has 0 radical (unpaired) electrons. The van der Waals surface area contributed by atoms with Gasteiger partial charge in [-0.25, -0.2) is 0 Å². The third-order valence-electron chi connectivity index (χ3n) is 6.76. The number of Topliss-reactive ketones (excluding diaryl/α,β-unsaturated/α-hetero) is 1. The Morgan fingerprint density at radius 2 is 1.69 bits per heavy atom. The molecule has 0 saturated carbocycles. The first-order chi connectivity index (χ1) is 17.5. The number of unbranched alkanes of at least 4 members (excludes halogenated alkanes) is 1. The van der Waals surface area contributed by atoms with E-state index in [1.54, 1.807) is 37.4 Å². The van der Waals surface area contributed by atoms with E-state index in [2.05, 4.69) is 10.2 Å². The van der Waals surface area contributed by atoms with Crippen LogP contribution in [0.15, 0.2) is 42.5 Å². The van der Waals surface area contributed by atoms with Gasteiger partial charge in [-0.1, -0.05) is 6.07 Å². The highest BCUT2D eigenvalue weighted by atomic mass is 16.6. The lowest BCUT2D eigenvalue weighted by Crippen LogP contribution is -2.46. The molecule has 0 bridgehead atoms. The molecule has 8 heteroatoms. The van der Waals surface area contributed by atoms with Crippen LogP contribution in [0.3, 0.4) is 0 Å². The van der Waals surface area contributed by atoms with E-state index in [1.165, 1.54) is 0 Å². The van der Waals surface area contributed by atoms with Crippen molar-refractivity contribution in [2.75, 3.05) is 40.0 Å². The first kappa shape index (κ1) is 26.0. The summed E-state index contributed by atoms with van der Waals surface area (Å²) in [7, 11) is 1.59. The zero-order valence-corrected chi connectivity index (χ0v) is 20.9. The fraction of sp³-hybridized carbons (Fsp3) is 0.500. The molecular weight excluding hydrogens is 460 g/mol. The average molecular weight is 497 g/mol. The summed E-state index contributed by atoms with van der Waals surface area (Å²) in [5.74, 6) is 1.93. The van der Waals surface area contributed by atoms with Crippen LogP contribution in [0.1, 0.15) is 60.6 Å². The van der Waals surface area contributed by atoms with Gasteiger partial charge in [-0.3, -0.25) is 9.59 Å². The molecule has 2 atom stereocenters. The van der Waals surface area contributed by atoms with E-state index in [1.807, 2.05) is 12.1 Å². The number of nitrogens with zero attached hydrogens (tertiary/aromatic N) is 1. The van der Waals surface area contributed by atoms with Crippen LogP contribution in [0.2, 0.25) is 0 Å². The smallest absolute Gasteiger partial charge is 0.220 e. The van der Waals surface area contributed by atoms with Crippen LogP contribution in [0.4, 0.5) is 0 Å². The Bertz CT molecular complexity index is 1020. The van der Waals surface area contributed by atoms with Gasteiger partial charge in [-0.15, -0.1) is 0 Å². The maximum Gasteiger partial charge on any atom is 0.220 e. The van der Waals surface area contributed by atoms with Gasteiger partial charge in [0.15, 0.2) is 17.3 Å². The molecule has 2 heterocycles. The first-order valence-corrected chi connectivity index (χ1v) is 12.8. The van der Waals surface area contributed by atoms with Gasteiger partial charge in [0.1, 0.15) is 25.1 Å². The number of methoxy groups -OCH3 is 1. The Morgan fingerprint density at radius 3 is 2.42 bits per heavy atom. The van der Waals surface area contributed by atoms with Crippen molar-refractivity contribution in [3.8, 4) is 17.2 Å². The number of amides is 1. The highest BCUT2D eigenvalue weighted by molar-refractivity contribution is 5.96. The van der Waals surface area contributed by atoms with E-state index in [0.717, 1.165) is 25.9 Å². The standard InChI is InChI=1S/C28H36N2O6/c1-34-22-11-8-20(9-12-22)24(31)6-2-3-7-27(32)29-23(19-30-14-4-5-15-30)28(33)21-10-13-25-26(18-21)36-17-16-35-25/h8-13,18,23,28,33H,2-7,14-17,19H2,1H3,(H,29,32)/t23-,28-/m1/s1. The molecule has 194 valence electrons. The molecule has 4 rings (SSSR count). The van der Waals surface area contributed by atoms with Crippen molar-refractivity contribution >= 4 is 11.7 Å². The number of likely N-dealkylation sites (tertiary alicyclic amines) is 1. The quantitative estimate of drug-likeness (QED) is 0.343. The number of hydrogen-bond donors (Lipinski definition) is 2. The van der Waals surface area contributed by atoms with Crippen LogP contribution >= 0.6 is 0 Å². The Balaban J connectivity index is 1.30. The summed E-state index contributed by atoms with van der Waals surface area (Å²) in [4.78, 5) is 27.5. The number of ketones is 1. The van der Waals surface area contributed by atoms with Gasteiger partial charge in [-0.05, 0) is 80.7 Å². The van der Waals surface area contributed by atoms with Crippen LogP contribution in [0, 0.1) is 0 Å². The minimum atomic E-state index is -0.873. The summed E-state index contributed by atoms with van der Waals surface area (Å²) in [6.07, 6.45) is 3.30. The molecule has 0 unspecified atom stereocenters. The number of nitrogens with one attached hydrogen (secondary N) is 1. The van der Waals surface area contributed by atoms with Gasteiger partial charge >= 0.3 is 0 Å². The Hall–Kier alpha value is -3.10. The van der Waals surface area contributed by atoms with Crippen LogP contribution in [-0.2, 0) is 4.79 Å². The molecular formula is C28H36N2O6. The zero-order valence-electron chi connectivity index (χ0n) is 20.9. The van der Waals surface area contributed by atoms with Gasteiger partial charge in [-0.2, -0.15) is 0 Å². The molecule has 0 aliphatic carbocycles. The van der Waals surface area contributed by atoms with Crippen molar-refractivity contribution in [3.63, 3.8) is 0 Å². The van der Waals surface area contributed by atoms with Crippen LogP contribution in [0.25, 0.3) is 0 Å². The fourth-order valence-electron chi connectivity index (χ4n) is 4.72. The SMILES string of the molecule is COc1ccc(C(=O)CCCCC(=O)N[C@H](CN2CCCC2)[C@H](O)c2ccc3c(c2)OCCO3)cc1. The summed E-state index contributed by atoms with van der Waals surface area (Å²) in [6.45, 7) is 3.49. The third-order valence-corrected chi connectivity index (χ3v) is 6.76. The number of aliphatic hydroxyl groups is 1. The van der Waals surface area contributed by atoms with Crippen molar-refractivity contribution in [1.29, 1.82) is 0 Å².